The molecule has 1 aromatic heterocycles. The number of carbonyl (C=O) groups excluding carboxylic acids is 1. The van der Waals surface area contributed by atoms with Crippen molar-refractivity contribution in [2.24, 2.45) is 0 Å². The molecule has 0 aliphatic carbocycles. The molecule has 0 spiro atoms. The molecule has 29 heavy (non-hydrogen) atoms. The van der Waals surface area contributed by atoms with Crippen LogP contribution in [0.15, 0.2) is 36.4 Å². The average molecular weight is 416 g/mol. The van der Waals surface area contributed by atoms with Crippen molar-refractivity contribution < 1.29 is 9.90 Å². The van der Waals surface area contributed by atoms with Gasteiger partial charge in [0.15, 0.2) is 5.78 Å². The van der Waals surface area contributed by atoms with Gasteiger partial charge in [0, 0.05) is 16.7 Å². The second kappa shape index (κ2) is 7.71. The lowest BCUT2D eigenvalue weighted by atomic mass is 9.78. The summed E-state index contributed by atoms with van der Waals surface area (Å²) >= 11 is 0. The van der Waals surface area contributed by atoms with Gasteiger partial charge >= 0.3 is 0 Å². The molecule has 0 aliphatic rings. The molecule has 0 saturated heterocycles. The zero-order valence-electron chi connectivity index (χ0n) is 17.9. The Hall–Kier alpha value is -2.53. The molecule has 0 atom stereocenters. The number of ketones is 1. The Kier molecular flexibility index (Phi) is 6.05. The van der Waals surface area contributed by atoms with Gasteiger partial charge in [-0.1, -0.05) is 53.7 Å². The number of imidazole rings is 1. The monoisotopic (exact) mass is 415 g/mol. The van der Waals surface area contributed by atoms with Crippen LogP contribution in [0.1, 0.15) is 63.0 Å². The summed E-state index contributed by atoms with van der Waals surface area (Å²) < 4.78 is 1.68. The molecular weight excluding hydrogens is 386 g/mol. The fourth-order valence-corrected chi connectivity index (χ4v) is 3.47. The van der Waals surface area contributed by atoms with E-state index in [1.54, 1.807) is 16.7 Å². The third-order valence-corrected chi connectivity index (χ3v) is 5.07. The molecule has 3 aromatic rings. The van der Waals surface area contributed by atoms with Crippen LogP contribution in [0.3, 0.4) is 0 Å². The van der Waals surface area contributed by atoms with Gasteiger partial charge in [0.05, 0.1) is 17.6 Å². The highest BCUT2D eigenvalue weighted by atomic mass is 35.5. The Bertz CT molecular complexity index is 1080. The molecule has 3 N–H and O–H groups in total. The van der Waals surface area contributed by atoms with E-state index in [2.05, 4.69) is 4.98 Å². The van der Waals surface area contributed by atoms with Crippen LogP contribution >= 0.6 is 12.4 Å². The maximum Gasteiger partial charge on any atom is 0.200 e. The van der Waals surface area contributed by atoms with Gasteiger partial charge in [0.25, 0.3) is 0 Å². The van der Waals surface area contributed by atoms with E-state index in [-0.39, 0.29) is 46.9 Å². The quantitative estimate of drug-likeness (QED) is 0.523. The Morgan fingerprint density at radius 2 is 1.55 bits per heavy atom. The van der Waals surface area contributed by atoms with Gasteiger partial charge in [-0.15, -0.1) is 12.4 Å². The van der Waals surface area contributed by atoms with Crippen molar-refractivity contribution in [1.29, 1.82) is 5.41 Å². The molecule has 2 aromatic carbocycles. The molecule has 5 nitrogen and oxygen atoms in total. The van der Waals surface area contributed by atoms with E-state index < -0.39 is 0 Å². The smallest absolute Gasteiger partial charge is 0.200 e. The topological polar surface area (TPSA) is 81.9 Å². The van der Waals surface area contributed by atoms with Crippen molar-refractivity contribution in [3.8, 4) is 5.75 Å². The Labute approximate surface area is 177 Å². The van der Waals surface area contributed by atoms with Gasteiger partial charge in [-0.05, 0) is 35.1 Å². The number of hydrogen-bond donors (Lipinski definition) is 3. The lowest BCUT2D eigenvalue weighted by Crippen LogP contribution is -2.23. The number of Topliss-reactive ketones (excluding diaryl/α,β-unsaturated/α-hetero) is 1. The molecule has 0 amide bonds. The van der Waals surface area contributed by atoms with Crippen molar-refractivity contribution in [1.82, 2.24) is 9.55 Å². The fraction of sp³-hybridized carbons (Fsp3) is 0.391. The number of phenols is 1. The molecular formula is C23H30ClN3O2. The standard InChI is InChI=1S/C23H29N3O2.ClH/c1-22(2,3)15-11-14(12-16(20(15)28)23(4,5)6)19(27)13-26-18-10-8-7-9-17(18)25-21(26)24;/h7-12,28H,13H2,1-6H3,(H2,24,25);1H. The summed E-state index contributed by atoms with van der Waals surface area (Å²) in [6, 6.07) is 11.2. The number of aromatic hydroxyl groups is 1. The number of hydrogen-bond acceptors (Lipinski definition) is 3. The first-order chi connectivity index (χ1) is 12.9. The largest absolute Gasteiger partial charge is 0.507 e. The van der Waals surface area contributed by atoms with Gasteiger partial charge in [-0.2, -0.15) is 0 Å². The summed E-state index contributed by atoms with van der Waals surface area (Å²) in [6.07, 6.45) is 0. The van der Waals surface area contributed by atoms with Crippen LogP contribution < -0.4 is 5.62 Å². The second-order valence-corrected chi connectivity index (χ2v) is 9.42. The predicted octanol–water partition coefficient (Wildman–Crippen LogP) is 5.05. The highest BCUT2D eigenvalue weighted by molar-refractivity contribution is 5.97. The first-order valence-electron chi connectivity index (χ1n) is 9.53. The SMILES string of the molecule is CC(C)(C)c1cc(C(=O)Cn2c(=N)[nH]c3ccccc32)cc(C(C)(C)C)c1O.Cl. The van der Waals surface area contributed by atoms with E-state index in [1.165, 1.54) is 0 Å². The van der Waals surface area contributed by atoms with Crippen molar-refractivity contribution in [2.45, 2.75) is 58.9 Å². The van der Waals surface area contributed by atoms with Crippen LogP contribution in [0.25, 0.3) is 11.0 Å². The van der Waals surface area contributed by atoms with E-state index in [0.29, 0.717) is 5.56 Å². The van der Waals surface area contributed by atoms with Crippen molar-refractivity contribution in [2.75, 3.05) is 0 Å². The molecule has 156 valence electrons. The van der Waals surface area contributed by atoms with Gasteiger partial charge in [-0.25, -0.2) is 0 Å². The number of phenolic OH excluding ortho intramolecular Hbond substituents is 1. The first kappa shape index (κ1) is 22.8. The predicted molar refractivity (Wildman–Crippen MR) is 119 cm³/mol. The molecule has 0 radical (unpaired) electrons. The number of para-hydroxylation sites is 2. The summed E-state index contributed by atoms with van der Waals surface area (Å²) in [5, 5.41) is 19.0. The van der Waals surface area contributed by atoms with Gasteiger partial charge in [0.1, 0.15) is 5.75 Å². The molecule has 0 unspecified atom stereocenters. The number of benzene rings is 2. The van der Waals surface area contributed by atoms with Crippen LogP contribution in [-0.4, -0.2) is 20.4 Å². The van der Waals surface area contributed by atoms with Crippen LogP contribution in [-0.2, 0) is 17.4 Å². The van der Waals surface area contributed by atoms with Crippen molar-refractivity contribution in [3.63, 3.8) is 0 Å². The van der Waals surface area contributed by atoms with Gasteiger partial charge in [-0.3, -0.25) is 10.2 Å². The van der Waals surface area contributed by atoms with Gasteiger partial charge in [0.2, 0.25) is 5.62 Å². The van der Waals surface area contributed by atoms with Crippen LogP contribution in [0, 0.1) is 5.41 Å². The highest BCUT2D eigenvalue weighted by Gasteiger charge is 2.28. The third kappa shape index (κ3) is 4.40. The zero-order valence-corrected chi connectivity index (χ0v) is 18.7. The molecule has 0 bridgehead atoms. The summed E-state index contributed by atoms with van der Waals surface area (Å²) in [7, 11) is 0. The molecule has 0 saturated carbocycles. The van der Waals surface area contributed by atoms with Gasteiger partial charge < -0.3 is 14.7 Å². The van der Waals surface area contributed by atoms with Crippen LogP contribution in [0.2, 0.25) is 0 Å². The summed E-state index contributed by atoms with van der Waals surface area (Å²) in [5.74, 6) is 0.178. The number of rotatable bonds is 3. The summed E-state index contributed by atoms with van der Waals surface area (Å²) in [4.78, 5) is 16.2. The number of carbonyl (C=O) groups is 1. The number of fused-ring (bicyclic) bond motifs is 1. The lowest BCUT2D eigenvalue weighted by molar-refractivity contribution is 0.0971. The second-order valence-electron chi connectivity index (χ2n) is 9.42. The minimum absolute atomic E-state index is 0. The zero-order chi connectivity index (χ0) is 20.9. The van der Waals surface area contributed by atoms with Crippen molar-refractivity contribution in [3.05, 3.63) is 58.7 Å². The number of nitrogens with one attached hydrogen (secondary N) is 2. The maximum atomic E-state index is 13.2. The summed E-state index contributed by atoms with van der Waals surface area (Å²) in [6.45, 7) is 12.2. The molecule has 6 heteroatoms. The number of aromatic nitrogens is 2. The maximum absolute atomic E-state index is 13.2. The number of aromatic amines is 1. The number of nitrogens with zero attached hydrogens (tertiary/aromatic N) is 1. The minimum atomic E-state index is -0.297. The number of halogens is 1. The van der Waals surface area contributed by atoms with E-state index in [9.17, 15) is 9.90 Å². The van der Waals surface area contributed by atoms with E-state index in [4.69, 9.17) is 5.41 Å². The molecule has 0 aliphatic heterocycles. The van der Waals surface area contributed by atoms with Crippen molar-refractivity contribution >= 4 is 29.2 Å². The van der Waals surface area contributed by atoms with E-state index >= 15 is 0 Å². The Morgan fingerprint density at radius 3 is 2.07 bits per heavy atom. The minimum Gasteiger partial charge on any atom is -0.507 e. The molecule has 1 heterocycles. The van der Waals surface area contributed by atoms with E-state index in [1.807, 2.05) is 65.8 Å². The van der Waals surface area contributed by atoms with Crippen LogP contribution in [0.5, 0.6) is 5.75 Å². The van der Waals surface area contributed by atoms with Crippen LogP contribution in [0.4, 0.5) is 0 Å². The van der Waals surface area contributed by atoms with E-state index in [0.717, 1.165) is 22.2 Å². The molecule has 3 rings (SSSR count). The highest BCUT2D eigenvalue weighted by Crippen LogP contribution is 2.39. The molecule has 0 fully saturated rings. The first-order valence-corrected chi connectivity index (χ1v) is 9.53. The Balaban J connectivity index is 0.00000300. The fourth-order valence-electron chi connectivity index (χ4n) is 3.47. The third-order valence-electron chi connectivity index (χ3n) is 5.07. The Morgan fingerprint density at radius 1 is 1.03 bits per heavy atom. The summed E-state index contributed by atoms with van der Waals surface area (Å²) in [5.41, 5.74) is 3.34. The normalized spacial score (nSPS) is 12.1. The number of H-pyrrole nitrogens is 1. The lowest BCUT2D eigenvalue weighted by Gasteiger charge is -2.28. The average Bonchev–Trinajstić information content (AvgIpc) is 2.88.